The molecule has 0 aromatic heterocycles. The van der Waals surface area contributed by atoms with Gasteiger partial charge in [0.25, 0.3) is 0 Å². The largest absolute Gasteiger partial charge is 0.459 e. The monoisotopic (exact) mass is 468 g/mol. The average Bonchev–Trinajstić information content (AvgIpc) is 3.29. The van der Waals surface area contributed by atoms with Crippen molar-refractivity contribution in [1.82, 2.24) is 0 Å². The van der Waals surface area contributed by atoms with Gasteiger partial charge in [0.05, 0.1) is 0 Å². The lowest BCUT2D eigenvalue weighted by Crippen LogP contribution is -2.59. The summed E-state index contributed by atoms with van der Waals surface area (Å²) in [7, 11) is 0. The first kappa shape index (κ1) is 23.2. The van der Waals surface area contributed by atoms with Gasteiger partial charge in [-0.25, -0.2) is 13.6 Å². The second-order valence-electron chi connectivity index (χ2n) is 6.93. The van der Waals surface area contributed by atoms with Crippen molar-refractivity contribution in [3.63, 3.8) is 0 Å². The summed E-state index contributed by atoms with van der Waals surface area (Å²) in [5, 5.41) is 0. The van der Waals surface area contributed by atoms with Gasteiger partial charge >= 0.3 is 42.1 Å². The summed E-state index contributed by atoms with van der Waals surface area (Å²) in [5.41, 5.74) is 0. The van der Waals surface area contributed by atoms with Crippen LogP contribution in [0.2, 0.25) is 0 Å². The first-order chi connectivity index (χ1) is 14.2. The third-order valence-corrected chi connectivity index (χ3v) is 5.14. The maximum absolute atomic E-state index is 13.6. The molecule has 0 saturated carbocycles. The van der Waals surface area contributed by atoms with Gasteiger partial charge in [-0.1, -0.05) is 6.58 Å². The van der Waals surface area contributed by atoms with E-state index in [1.54, 1.807) is 0 Å². The molecule has 3 aliphatic heterocycles. The minimum atomic E-state index is -6.57. The summed E-state index contributed by atoms with van der Waals surface area (Å²) in [6, 6.07) is 0. The molecule has 3 rings (SSSR count). The van der Waals surface area contributed by atoms with Gasteiger partial charge in [-0.15, -0.1) is 0 Å². The topological polar surface area (TPSA) is 88.1 Å². The molecule has 3 saturated heterocycles. The van der Waals surface area contributed by atoms with Gasteiger partial charge in [0, 0.05) is 6.08 Å². The Morgan fingerprint density at radius 1 is 1.10 bits per heavy atom. The fourth-order valence-corrected chi connectivity index (χ4v) is 3.65. The Morgan fingerprint density at radius 3 is 2.26 bits per heavy atom. The van der Waals surface area contributed by atoms with Crippen LogP contribution in [0.1, 0.15) is 0 Å². The Balaban J connectivity index is 1.75. The molecule has 3 fully saturated rings. The van der Waals surface area contributed by atoms with Gasteiger partial charge in [0.15, 0.2) is 18.8 Å². The Morgan fingerprint density at radius 2 is 1.71 bits per heavy atom. The number of halogens is 8. The van der Waals surface area contributed by atoms with Crippen LogP contribution in [0.5, 0.6) is 0 Å². The van der Waals surface area contributed by atoms with E-state index in [-0.39, 0.29) is 0 Å². The van der Waals surface area contributed by atoms with E-state index >= 15 is 0 Å². The van der Waals surface area contributed by atoms with Crippen LogP contribution >= 0.6 is 0 Å². The van der Waals surface area contributed by atoms with Crippen molar-refractivity contribution >= 4 is 17.9 Å². The van der Waals surface area contributed by atoms with E-state index in [2.05, 4.69) is 11.3 Å². The first-order valence-electron chi connectivity index (χ1n) is 8.44. The van der Waals surface area contributed by atoms with Crippen LogP contribution in [0.15, 0.2) is 12.7 Å². The van der Waals surface area contributed by atoms with E-state index in [1.807, 2.05) is 0 Å². The summed E-state index contributed by atoms with van der Waals surface area (Å²) in [5.74, 6) is -25.9. The van der Waals surface area contributed by atoms with Gasteiger partial charge < -0.3 is 18.9 Å². The van der Waals surface area contributed by atoms with E-state index < -0.39 is 85.0 Å². The number of alkyl halides is 8. The summed E-state index contributed by atoms with van der Waals surface area (Å²) >= 11 is 0. The molecule has 3 heterocycles. The van der Waals surface area contributed by atoms with Crippen molar-refractivity contribution < 1.29 is 68.5 Å². The molecular weight excluding hydrogens is 456 g/mol. The van der Waals surface area contributed by atoms with Crippen molar-refractivity contribution in [2.45, 2.75) is 48.6 Å². The lowest BCUT2D eigenvalue weighted by molar-refractivity contribution is -0.344. The van der Waals surface area contributed by atoms with Gasteiger partial charge in [-0.3, -0.25) is 9.59 Å². The number of fused-ring (bicyclic) bond motifs is 1. The summed E-state index contributed by atoms with van der Waals surface area (Å²) in [4.78, 5) is 35.6. The molecule has 3 aliphatic rings. The SMILES string of the molecule is C=CC(=O)OC1C2OC(=O)C3C2OC1C3C(=O)OCC(F)(F)C(F)(F)C(F)(F)C(F)F. The standard InChI is InChI=1S/C16H12F8O7/c1-2-4(25)29-9-7-5(6-8(30-7)10(9)31-12(6)27)11(26)28-3-14(19,20)16(23,24)15(21,22)13(17)18/h2,5-10,13H,1,3H2. The average molecular weight is 468 g/mol. The van der Waals surface area contributed by atoms with E-state index in [9.17, 15) is 49.5 Å². The van der Waals surface area contributed by atoms with Crippen LogP contribution in [0, 0.1) is 11.8 Å². The first-order valence-corrected chi connectivity index (χ1v) is 8.44. The Kier molecular flexibility index (Phi) is 5.47. The number of hydrogen-bond acceptors (Lipinski definition) is 7. The van der Waals surface area contributed by atoms with Crippen LogP contribution < -0.4 is 0 Å². The predicted molar refractivity (Wildman–Crippen MR) is 77.4 cm³/mol. The zero-order valence-electron chi connectivity index (χ0n) is 14.9. The van der Waals surface area contributed by atoms with E-state index in [1.165, 1.54) is 0 Å². The Labute approximate surface area is 167 Å². The fraction of sp³-hybridized carbons (Fsp3) is 0.688. The maximum Gasteiger partial charge on any atom is 0.381 e. The Hall–Kier alpha value is -2.45. The maximum atomic E-state index is 13.6. The molecule has 6 unspecified atom stereocenters. The number of ether oxygens (including phenoxy) is 4. The molecule has 31 heavy (non-hydrogen) atoms. The van der Waals surface area contributed by atoms with E-state index in [0.29, 0.717) is 0 Å². The molecule has 2 bridgehead atoms. The van der Waals surface area contributed by atoms with E-state index in [0.717, 1.165) is 6.08 Å². The number of esters is 3. The van der Waals surface area contributed by atoms with Crippen LogP contribution in [-0.4, -0.2) is 73.1 Å². The molecule has 0 aliphatic carbocycles. The predicted octanol–water partition coefficient (Wildman–Crippen LogP) is 1.74. The molecule has 7 nitrogen and oxygen atoms in total. The van der Waals surface area contributed by atoms with Gasteiger partial charge in [0.2, 0.25) is 0 Å². The highest BCUT2D eigenvalue weighted by Gasteiger charge is 2.76. The molecule has 0 amide bonds. The molecule has 0 aromatic rings. The molecule has 0 spiro atoms. The second-order valence-corrected chi connectivity index (χ2v) is 6.93. The van der Waals surface area contributed by atoms with Crippen molar-refractivity contribution in [3.8, 4) is 0 Å². The van der Waals surface area contributed by atoms with Crippen molar-refractivity contribution in [2.75, 3.05) is 6.61 Å². The quantitative estimate of drug-likeness (QED) is 0.232. The highest BCUT2D eigenvalue weighted by molar-refractivity contribution is 5.87. The minimum absolute atomic E-state index is 0.722. The van der Waals surface area contributed by atoms with Crippen LogP contribution in [0.4, 0.5) is 35.1 Å². The minimum Gasteiger partial charge on any atom is -0.459 e. The van der Waals surface area contributed by atoms with Crippen LogP contribution in [0.3, 0.4) is 0 Å². The number of carbonyl (C=O) groups excluding carboxylic acids is 3. The Bertz CT molecular complexity index is 801. The number of carbonyl (C=O) groups is 3. The second kappa shape index (κ2) is 7.31. The third kappa shape index (κ3) is 3.32. The van der Waals surface area contributed by atoms with Crippen molar-refractivity contribution in [1.29, 1.82) is 0 Å². The zero-order chi connectivity index (χ0) is 23.5. The number of rotatable bonds is 8. The van der Waals surface area contributed by atoms with Gasteiger partial charge in [-0.05, 0) is 0 Å². The lowest BCUT2D eigenvalue weighted by Gasteiger charge is -2.32. The number of hydrogen-bond donors (Lipinski definition) is 0. The molecule has 0 N–H and O–H groups in total. The van der Waals surface area contributed by atoms with E-state index in [4.69, 9.17) is 14.2 Å². The van der Waals surface area contributed by atoms with Crippen LogP contribution in [-0.2, 0) is 33.3 Å². The smallest absolute Gasteiger partial charge is 0.381 e. The molecule has 0 radical (unpaired) electrons. The van der Waals surface area contributed by atoms with Crippen molar-refractivity contribution in [3.05, 3.63) is 12.7 Å². The summed E-state index contributed by atoms with van der Waals surface area (Å²) in [6.45, 7) is 0.426. The highest BCUT2D eigenvalue weighted by atomic mass is 19.4. The fourth-order valence-electron chi connectivity index (χ4n) is 3.65. The molecule has 6 atom stereocenters. The zero-order valence-corrected chi connectivity index (χ0v) is 14.9. The van der Waals surface area contributed by atoms with Gasteiger partial charge in [-0.2, -0.15) is 26.3 Å². The van der Waals surface area contributed by atoms with Gasteiger partial charge in [0.1, 0.15) is 24.0 Å². The molecule has 174 valence electrons. The summed E-state index contributed by atoms with van der Waals surface area (Å²) in [6.07, 6.45) is -9.54. The molecular formula is C16H12F8O7. The molecule has 15 heteroatoms. The third-order valence-electron chi connectivity index (χ3n) is 5.14. The lowest BCUT2D eigenvalue weighted by atomic mass is 9.78. The normalized spacial score (nSPS) is 32.2. The molecule has 0 aromatic carbocycles. The van der Waals surface area contributed by atoms with Crippen molar-refractivity contribution in [2.24, 2.45) is 11.8 Å². The highest BCUT2D eigenvalue weighted by Crippen LogP contribution is 2.52. The summed E-state index contributed by atoms with van der Waals surface area (Å²) < 4.78 is 123. The van der Waals surface area contributed by atoms with Crippen LogP contribution in [0.25, 0.3) is 0 Å².